The monoisotopic (exact) mass is 305 g/mol. The smallest absolute Gasteiger partial charge is 0.174 e. The summed E-state index contributed by atoms with van der Waals surface area (Å²) in [7, 11) is 0. The van der Waals surface area contributed by atoms with Gasteiger partial charge in [0.25, 0.3) is 0 Å². The third-order valence-electron chi connectivity index (χ3n) is 2.16. The fourth-order valence-electron chi connectivity index (χ4n) is 1.32. The van der Waals surface area contributed by atoms with E-state index < -0.39 is 5.82 Å². The third-order valence-corrected chi connectivity index (χ3v) is 3.01. The number of hydrogen-bond donors (Lipinski definition) is 0. The van der Waals surface area contributed by atoms with Crippen LogP contribution < -0.4 is 4.74 Å². The Balaban J connectivity index is 2.19. The fourth-order valence-corrected chi connectivity index (χ4v) is 1.86. The summed E-state index contributed by atoms with van der Waals surface area (Å²) in [6.45, 7) is -0.0138. The summed E-state index contributed by atoms with van der Waals surface area (Å²) in [5.41, 5.74) is 0.420. The van der Waals surface area contributed by atoms with Crippen LogP contribution in [-0.2, 0) is 6.61 Å². The van der Waals surface area contributed by atoms with Gasteiger partial charge in [-0.25, -0.2) is 9.37 Å². The van der Waals surface area contributed by atoms with Crippen LogP contribution in [-0.4, -0.2) is 4.98 Å². The lowest BCUT2D eigenvalue weighted by Crippen LogP contribution is -2.01. The molecule has 0 bridgehead atoms. The van der Waals surface area contributed by atoms with Crippen LogP contribution in [0.3, 0.4) is 0 Å². The SMILES string of the molecule is Fc1cccc(Cl)c1OCc1nc(Cl)ccc1Cl. The molecule has 0 aliphatic heterocycles. The molecular formula is C12H7Cl3FNO. The molecule has 0 saturated carbocycles. The maximum atomic E-state index is 13.4. The van der Waals surface area contributed by atoms with Crippen LogP contribution in [0.25, 0.3) is 0 Å². The second-order valence-electron chi connectivity index (χ2n) is 3.40. The summed E-state index contributed by atoms with van der Waals surface area (Å²) in [5.74, 6) is -0.572. The number of para-hydroxylation sites is 1. The van der Waals surface area contributed by atoms with Crippen molar-refractivity contribution in [3.8, 4) is 5.75 Å². The van der Waals surface area contributed by atoms with Gasteiger partial charge in [0.2, 0.25) is 0 Å². The maximum Gasteiger partial charge on any atom is 0.174 e. The molecule has 0 amide bonds. The van der Waals surface area contributed by atoms with E-state index in [0.29, 0.717) is 10.7 Å². The van der Waals surface area contributed by atoms with E-state index >= 15 is 0 Å². The van der Waals surface area contributed by atoms with Crippen molar-refractivity contribution in [2.45, 2.75) is 6.61 Å². The topological polar surface area (TPSA) is 22.1 Å². The summed E-state index contributed by atoms with van der Waals surface area (Å²) < 4.78 is 18.7. The van der Waals surface area contributed by atoms with Crippen molar-refractivity contribution < 1.29 is 9.13 Å². The van der Waals surface area contributed by atoms with Crippen LogP contribution in [0.2, 0.25) is 15.2 Å². The quantitative estimate of drug-likeness (QED) is 0.763. The van der Waals surface area contributed by atoms with Crippen LogP contribution in [0, 0.1) is 5.82 Å². The largest absolute Gasteiger partial charge is 0.483 e. The minimum Gasteiger partial charge on any atom is -0.483 e. The van der Waals surface area contributed by atoms with Crippen molar-refractivity contribution in [1.29, 1.82) is 0 Å². The highest BCUT2D eigenvalue weighted by Crippen LogP contribution is 2.28. The molecule has 0 aliphatic rings. The van der Waals surface area contributed by atoms with Crippen molar-refractivity contribution in [2.24, 2.45) is 0 Å². The van der Waals surface area contributed by atoms with Crippen LogP contribution in [0.15, 0.2) is 30.3 Å². The zero-order valence-corrected chi connectivity index (χ0v) is 11.2. The van der Waals surface area contributed by atoms with E-state index in [2.05, 4.69) is 4.98 Å². The lowest BCUT2D eigenvalue weighted by molar-refractivity contribution is 0.286. The second-order valence-corrected chi connectivity index (χ2v) is 4.60. The molecule has 0 spiro atoms. The van der Waals surface area contributed by atoms with Crippen molar-refractivity contribution in [3.05, 3.63) is 57.0 Å². The van der Waals surface area contributed by atoms with E-state index in [1.807, 2.05) is 0 Å². The normalized spacial score (nSPS) is 10.4. The Bertz CT molecular complexity index is 557. The van der Waals surface area contributed by atoms with Gasteiger partial charge < -0.3 is 4.74 Å². The molecule has 2 rings (SSSR count). The molecule has 1 aromatic heterocycles. The van der Waals surface area contributed by atoms with Gasteiger partial charge >= 0.3 is 0 Å². The van der Waals surface area contributed by atoms with Gasteiger partial charge in [0, 0.05) is 0 Å². The van der Waals surface area contributed by atoms with E-state index in [4.69, 9.17) is 39.5 Å². The number of halogens is 4. The summed E-state index contributed by atoms with van der Waals surface area (Å²) in [6, 6.07) is 7.44. The predicted octanol–water partition coefficient (Wildman–Crippen LogP) is 4.76. The van der Waals surface area contributed by atoms with E-state index in [1.165, 1.54) is 18.2 Å². The molecule has 0 radical (unpaired) electrons. The Hall–Kier alpha value is -1.03. The zero-order valence-electron chi connectivity index (χ0n) is 8.96. The predicted molar refractivity (Wildman–Crippen MR) is 70.0 cm³/mol. The Morgan fingerprint density at radius 2 is 1.83 bits per heavy atom. The summed E-state index contributed by atoms with van der Waals surface area (Å²) in [5, 5.41) is 0.873. The Morgan fingerprint density at radius 1 is 1.06 bits per heavy atom. The minimum atomic E-state index is -0.541. The number of aromatic nitrogens is 1. The van der Waals surface area contributed by atoms with Crippen LogP contribution in [0.4, 0.5) is 4.39 Å². The summed E-state index contributed by atoms with van der Waals surface area (Å²) in [4.78, 5) is 3.99. The van der Waals surface area contributed by atoms with Crippen LogP contribution in [0.5, 0.6) is 5.75 Å². The third kappa shape index (κ3) is 3.05. The van der Waals surface area contributed by atoms with Gasteiger partial charge in [0.1, 0.15) is 11.8 Å². The number of hydrogen-bond acceptors (Lipinski definition) is 2. The number of benzene rings is 1. The molecule has 2 nitrogen and oxygen atoms in total. The number of nitrogens with zero attached hydrogens (tertiary/aromatic N) is 1. The van der Waals surface area contributed by atoms with Crippen molar-refractivity contribution in [3.63, 3.8) is 0 Å². The molecule has 1 aromatic carbocycles. The fraction of sp³-hybridized carbons (Fsp3) is 0.0833. The first-order valence-corrected chi connectivity index (χ1v) is 6.09. The molecular weight excluding hydrogens is 299 g/mol. The highest BCUT2D eigenvalue weighted by Gasteiger charge is 2.10. The standard InChI is InChI=1S/C12H7Cl3FNO/c13-7-4-5-11(15)17-10(7)6-18-12-8(14)2-1-3-9(12)16/h1-5H,6H2. The highest BCUT2D eigenvalue weighted by atomic mass is 35.5. The van der Waals surface area contributed by atoms with Crippen molar-refractivity contribution in [2.75, 3.05) is 0 Å². The Labute approximate surface area is 118 Å². The second kappa shape index (κ2) is 5.74. The lowest BCUT2D eigenvalue weighted by Gasteiger charge is -2.09. The Kier molecular flexibility index (Phi) is 4.27. The first-order valence-electron chi connectivity index (χ1n) is 4.95. The molecule has 18 heavy (non-hydrogen) atoms. The number of pyridine rings is 1. The van der Waals surface area contributed by atoms with Crippen LogP contribution >= 0.6 is 34.8 Å². The van der Waals surface area contributed by atoms with Gasteiger partial charge in [-0.3, -0.25) is 0 Å². The molecule has 6 heteroatoms. The molecule has 0 aliphatic carbocycles. The van der Waals surface area contributed by atoms with E-state index in [1.54, 1.807) is 12.1 Å². The minimum absolute atomic E-state index is 0.0138. The van der Waals surface area contributed by atoms with Crippen LogP contribution in [0.1, 0.15) is 5.69 Å². The Morgan fingerprint density at radius 3 is 2.56 bits per heavy atom. The van der Waals surface area contributed by atoms with E-state index in [0.717, 1.165) is 0 Å². The van der Waals surface area contributed by atoms with Gasteiger partial charge in [-0.1, -0.05) is 40.9 Å². The summed E-state index contributed by atoms with van der Waals surface area (Å²) >= 11 is 17.5. The average Bonchev–Trinajstić information content (AvgIpc) is 2.33. The molecule has 2 aromatic rings. The molecule has 0 N–H and O–H groups in total. The molecule has 1 heterocycles. The van der Waals surface area contributed by atoms with Gasteiger partial charge in [0.05, 0.1) is 15.7 Å². The number of rotatable bonds is 3. The molecule has 0 atom stereocenters. The van der Waals surface area contributed by atoms with Crippen molar-refractivity contribution in [1.82, 2.24) is 4.98 Å². The first-order chi connectivity index (χ1) is 8.58. The highest BCUT2D eigenvalue weighted by molar-refractivity contribution is 6.32. The molecule has 0 fully saturated rings. The lowest BCUT2D eigenvalue weighted by atomic mass is 10.3. The van der Waals surface area contributed by atoms with E-state index in [-0.39, 0.29) is 22.5 Å². The van der Waals surface area contributed by atoms with Gasteiger partial charge in [-0.05, 0) is 24.3 Å². The first kappa shape index (κ1) is 13.4. The molecule has 94 valence electrons. The maximum absolute atomic E-state index is 13.4. The molecule has 0 unspecified atom stereocenters. The summed E-state index contributed by atoms with van der Waals surface area (Å²) in [6.07, 6.45) is 0. The van der Waals surface area contributed by atoms with Crippen molar-refractivity contribution >= 4 is 34.8 Å². The average molecular weight is 307 g/mol. The van der Waals surface area contributed by atoms with Gasteiger partial charge in [0.15, 0.2) is 11.6 Å². The van der Waals surface area contributed by atoms with Gasteiger partial charge in [-0.15, -0.1) is 0 Å². The number of ether oxygens (including phenoxy) is 1. The zero-order chi connectivity index (χ0) is 13.1. The molecule has 0 saturated heterocycles. The van der Waals surface area contributed by atoms with Gasteiger partial charge in [-0.2, -0.15) is 0 Å². The van der Waals surface area contributed by atoms with E-state index in [9.17, 15) is 4.39 Å².